The highest BCUT2D eigenvalue weighted by atomic mass is 16.2. The molecule has 0 saturated carbocycles. The first-order valence-corrected chi connectivity index (χ1v) is 7.28. The van der Waals surface area contributed by atoms with Gasteiger partial charge in [0.25, 0.3) is 5.91 Å². The molecule has 1 aromatic carbocycles. The maximum Gasteiger partial charge on any atom is 0.255 e. The van der Waals surface area contributed by atoms with Crippen molar-refractivity contribution in [3.8, 4) is 0 Å². The molecule has 1 aromatic heterocycles. The zero-order valence-electron chi connectivity index (χ0n) is 12.2. The minimum absolute atomic E-state index is 0.0676. The Bertz CT molecular complexity index is 610. The zero-order chi connectivity index (χ0) is 14.7. The molecule has 4 heteroatoms. The Hall–Kier alpha value is -2.36. The fourth-order valence-electron chi connectivity index (χ4n) is 2.72. The summed E-state index contributed by atoms with van der Waals surface area (Å²) in [5.41, 5.74) is 3.37. The van der Waals surface area contributed by atoms with Gasteiger partial charge in [0.2, 0.25) is 0 Å². The van der Waals surface area contributed by atoms with E-state index in [2.05, 4.69) is 34.6 Å². The van der Waals surface area contributed by atoms with Crippen LogP contribution in [0.2, 0.25) is 0 Å². The lowest BCUT2D eigenvalue weighted by Gasteiger charge is -2.20. The third-order valence-electron chi connectivity index (χ3n) is 3.97. The first-order valence-electron chi connectivity index (χ1n) is 7.28. The normalized spacial score (nSPS) is 14.2. The van der Waals surface area contributed by atoms with Gasteiger partial charge in [0, 0.05) is 26.3 Å². The van der Waals surface area contributed by atoms with Gasteiger partial charge in [0.05, 0.1) is 5.56 Å². The first kappa shape index (κ1) is 13.6. The van der Waals surface area contributed by atoms with Crippen molar-refractivity contribution in [3.05, 3.63) is 59.3 Å². The van der Waals surface area contributed by atoms with Crippen molar-refractivity contribution in [3.63, 3.8) is 0 Å². The highest BCUT2D eigenvalue weighted by Gasteiger charge is 2.19. The standard InChI is InChI=1S/C17H19N3O/c1-18-16-7-6-15(12-19-16)17(21)20-10-8-13-4-2-3-5-14(13)9-11-20/h2-7,12H,8-11H2,1H3,(H,18,19). The Labute approximate surface area is 124 Å². The van der Waals surface area contributed by atoms with Crippen molar-refractivity contribution in [2.45, 2.75) is 12.8 Å². The van der Waals surface area contributed by atoms with E-state index in [0.717, 1.165) is 31.7 Å². The van der Waals surface area contributed by atoms with E-state index in [4.69, 9.17) is 0 Å². The molecule has 0 bridgehead atoms. The summed E-state index contributed by atoms with van der Waals surface area (Å²) in [7, 11) is 1.82. The average molecular weight is 281 g/mol. The molecule has 1 aliphatic heterocycles. The molecule has 1 N–H and O–H groups in total. The summed E-state index contributed by atoms with van der Waals surface area (Å²) in [5.74, 6) is 0.841. The number of amides is 1. The predicted molar refractivity (Wildman–Crippen MR) is 83.5 cm³/mol. The van der Waals surface area contributed by atoms with Gasteiger partial charge in [-0.3, -0.25) is 4.79 Å². The van der Waals surface area contributed by atoms with Gasteiger partial charge in [-0.15, -0.1) is 0 Å². The number of carbonyl (C=O) groups excluding carboxylic acids is 1. The van der Waals surface area contributed by atoms with Gasteiger partial charge in [-0.2, -0.15) is 0 Å². The maximum atomic E-state index is 12.6. The van der Waals surface area contributed by atoms with Gasteiger partial charge in [-0.25, -0.2) is 4.98 Å². The highest BCUT2D eigenvalue weighted by molar-refractivity contribution is 5.94. The van der Waals surface area contributed by atoms with E-state index in [1.807, 2.05) is 24.1 Å². The summed E-state index contributed by atoms with van der Waals surface area (Å²) in [6, 6.07) is 12.1. The van der Waals surface area contributed by atoms with Crippen molar-refractivity contribution in [2.75, 3.05) is 25.5 Å². The fraction of sp³-hybridized carbons (Fsp3) is 0.294. The number of benzene rings is 1. The lowest BCUT2D eigenvalue weighted by Crippen LogP contribution is -2.33. The van der Waals surface area contributed by atoms with Gasteiger partial charge < -0.3 is 10.2 Å². The maximum absolute atomic E-state index is 12.6. The molecule has 0 atom stereocenters. The minimum atomic E-state index is 0.0676. The predicted octanol–water partition coefficient (Wildman–Crippen LogP) is 2.36. The van der Waals surface area contributed by atoms with Crippen LogP contribution >= 0.6 is 0 Å². The van der Waals surface area contributed by atoms with Crippen molar-refractivity contribution in [1.29, 1.82) is 0 Å². The van der Waals surface area contributed by atoms with Crippen molar-refractivity contribution < 1.29 is 4.79 Å². The summed E-state index contributed by atoms with van der Waals surface area (Å²) < 4.78 is 0. The Balaban J connectivity index is 1.74. The number of nitrogens with one attached hydrogen (secondary N) is 1. The monoisotopic (exact) mass is 281 g/mol. The average Bonchev–Trinajstić information content (AvgIpc) is 2.77. The van der Waals surface area contributed by atoms with Crippen LogP contribution in [0.15, 0.2) is 42.6 Å². The molecule has 2 heterocycles. The molecule has 108 valence electrons. The quantitative estimate of drug-likeness (QED) is 0.919. The lowest BCUT2D eigenvalue weighted by atomic mass is 10.0. The molecule has 3 rings (SSSR count). The van der Waals surface area contributed by atoms with Gasteiger partial charge >= 0.3 is 0 Å². The molecule has 1 aliphatic rings. The SMILES string of the molecule is CNc1ccc(C(=O)N2CCc3ccccc3CC2)cn1. The molecule has 0 unspecified atom stereocenters. The second-order valence-corrected chi connectivity index (χ2v) is 5.24. The molecule has 0 aliphatic carbocycles. The molecule has 4 nitrogen and oxygen atoms in total. The third kappa shape index (κ3) is 2.89. The van der Waals surface area contributed by atoms with Crippen LogP contribution in [-0.2, 0) is 12.8 Å². The van der Waals surface area contributed by atoms with Crippen molar-refractivity contribution >= 4 is 11.7 Å². The molecule has 0 radical (unpaired) electrons. The van der Waals surface area contributed by atoms with Crippen LogP contribution in [-0.4, -0.2) is 35.9 Å². The van der Waals surface area contributed by atoms with E-state index < -0.39 is 0 Å². The number of pyridine rings is 1. The number of fused-ring (bicyclic) bond motifs is 1. The molecule has 1 amide bonds. The highest BCUT2D eigenvalue weighted by Crippen LogP contribution is 2.17. The molecule has 21 heavy (non-hydrogen) atoms. The van der Waals surface area contributed by atoms with Crippen LogP contribution in [0.5, 0.6) is 0 Å². The summed E-state index contributed by atoms with van der Waals surface area (Å²) in [5, 5.41) is 2.96. The minimum Gasteiger partial charge on any atom is -0.373 e. The van der Waals surface area contributed by atoms with Gasteiger partial charge in [0.15, 0.2) is 0 Å². The van der Waals surface area contributed by atoms with Gasteiger partial charge in [-0.1, -0.05) is 24.3 Å². The number of hydrogen-bond acceptors (Lipinski definition) is 3. The van der Waals surface area contributed by atoms with Crippen molar-refractivity contribution in [1.82, 2.24) is 9.88 Å². The topological polar surface area (TPSA) is 45.2 Å². The van der Waals surface area contributed by atoms with Crippen LogP contribution in [0.25, 0.3) is 0 Å². The van der Waals surface area contributed by atoms with Crippen LogP contribution in [0.3, 0.4) is 0 Å². The molecule has 0 saturated heterocycles. The summed E-state index contributed by atoms with van der Waals surface area (Å²) >= 11 is 0. The Morgan fingerprint density at radius 1 is 1.10 bits per heavy atom. The molecule has 2 aromatic rings. The molecular formula is C17H19N3O. The number of nitrogens with zero attached hydrogens (tertiary/aromatic N) is 2. The van der Waals surface area contributed by atoms with E-state index in [-0.39, 0.29) is 5.91 Å². The van der Waals surface area contributed by atoms with Gasteiger partial charge in [-0.05, 0) is 36.1 Å². The molecular weight excluding hydrogens is 262 g/mol. The van der Waals surface area contributed by atoms with Crippen molar-refractivity contribution in [2.24, 2.45) is 0 Å². The van der Waals surface area contributed by atoms with E-state index in [1.54, 1.807) is 6.20 Å². The first-order chi connectivity index (χ1) is 10.3. The summed E-state index contributed by atoms with van der Waals surface area (Å²) in [6.07, 6.45) is 3.49. The van der Waals surface area contributed by atoms with Crippen LogP contribution in [0.4, 0.5) is 5.82 Å². The number of hydrogen-bond donors (Lipinski definition) is 1. The third-order valence-corrected chi connectivity index (χ3v) is 3.97. The van der Waals surface area contributed by atoms with Crippen LogP contribution in [0, 0.1) is 0 Å². The number of aromatic nitrogens is 1. The van der Waals surface area contributed by atoms with E-state index >= 15 is 0 Å². The summed E-state index contributed by atoms with van der Waals surface area (Å²) in [6.45, 7) is 1.53. The van der Waals surface area contributed by atoms with E-state index in [0.29, 0.717) is 5.56 Å². The smallest absolute Gasteiger partial charge is 0.255 e. The van der Waals surface area contributed by atoms with Crippen LogP contribution < -0.4 is 5.32 Å². The van der Waals surface area contributed by atoms with E-state index in [1.165, 1.54) is 11.1 Å². The Kier molecular flexibility index (Phi) is 3.86. The largest absolute Gasteiger partial charge is 0.373 e. The number of anilines is 1. The number of rotatable bonds is 2. The number of carbonyl (C=O) groups is 1. The second kappa shape index (κ2) is 5.95. The zero-order valence-corrected chi connectivity index (χ0v) is 12.2. The summed E-state index contributed by atoms with van der Waals surface area (Å²) in [4.78, 5) is 18.7. The lowest BCUT2D eigenvalue weighted by molar-refractivity contribution is 0.0762. The Morgan fingerprint density at radius 3 is 2.29 bits per heavy atom. The fourth-order valence-corrected chi connectivity index (χ4v) is 2.72. The van der Waals surface area contributed by atoms with Crippen LogP contribution in [0.1, 0.15) is 21.5 Å². The molecule has 0 spiro atoms. The Morgan fingerprint density at radius 2 is 1.76 bits per heavy atom. The second-order valence-electron chi connectivity index (χ2n) is 5.24. The molecule has 0 fully saturated rings. The van der Waals surface area contributed by atoms with E-state index in [9.17, 15) is 4.79 Å². The van der Waals surface area contributed by atoms with Gasteiger partial charge in [0.1, 0.15) is 5.82 Å².